The van der Waals surface area contributed by atoms with Gasteiger partial charge in [-0.3, -0.25) is 5.32 Å². The van der Waals surface area contributed by atoms with Crippen LogP contribution in [0.4, 0.5) is 10.6 Å². The van der Waals surface area contributed by atoms with Gasteiger partial charge in [-0.2, -0.15) is 0 Å². The number of rotatable bonds is 1. The first-order valence-corrected chi connectivity index (χ1v) is 4.89. The Bertz CT molecular complexity index is 338. The lowest BCUT2D eigenvalue weighted by Crippen LogP contribution is -2.25. The summed E-state index contributed by atoms with van der Waals surface area (Å²) in [5, 5.41) is 5.08. The summed E-state index contributed by atoms with van der Waals surface area (Å²) in [6, 6.07) is 3.51. The molecular formula is C11H17N3O. The average Bonchev–Trinajstić information content (AvgIpc) is 2.17. The first kappa shape index (κ1) is 11.5. The van der Waals surface area contributed by atoms with E-state index in [1.807, 2.05) is 6.07 Å². The maximum absolute atomic E-state index is 11.0. The molecule has 0 saturated heterocycles. The van der Waals surface area contributed by atoms with Crippen molar-refractivity contribution in [3.05, 3.63) is 23.9 Å². The maximum atomic E-state index is 11.0. The second-order valence-corrected chi connectivity index (χ2v) is 4.39. The van der Waals surface area contributed by atoms with E-state index in [0.29, 0.717) is 5.82 Å². The number of anilines is 1. The molecule has 1 heterocycles. The minimum Gasteiger partial charge on any atom is -0.341 e. The van der Waals surface area contributed by atoms with Gasteiger partial charge in [0.15, 0.2) is 0 Å². The third-order valence-electron chi connectivity index (χ3n) is 2.10. The van der Waals surface area contributed by atoms with Gasteiger partial charge < -0.3 is 5.32 Å². The van der Waals surface area contributed by atoms with E-state index in [2.05, 4.69) is 36.4 Å². The molecular weight excluding hydrogens is 190 g/mol. The van der Waals surface area contributed by atoms with Crippen LogP contribution in [0.25, 0.3) is 0 Å². The van der Waals surface area contributed by atoms with Crippen molar-refractivity contribution in [2.45, 2.75) is 26.2 Å². The molecule has 15 heavy (non-hydrogen) atoms. The number of pyridine rings is 1. The summed E-state index contributed by atoms with van der Waals surface area (Å²) in [6.45, 7) is 6.36. The molecule has 4 heteroatoms. The van der Waals surface area contributed by atoms with Crippen LogP contribution in [0.1, 0.15) is 26.3 Å². The second kappa shape index (κ2) is 4.29. The number of aromatic nitrogens is 1. The summed E-state index contributed by atoms with van der Waals surface area (Å²) in [5.41, 5.74) is 1.23. The lowest BCUT2D eigenvalue weighted by atomic mass is 9.88. The van der Waals surface area contributed by atoms with Crippen LogP contribution in [-0.4, -0.2) is 18.1 Å². The van der Waals surface area contributed by atoms with Crippen molar-refractivity contribution < 1.29 is 4.79 Å². The summed E-state index contributed by atoms with van der Waals surface area (Å²) in [7, 11) is 1.57. The number of hydrogen-bond donors (Lipinski definition) is 2. The molecule has 0 saturated carbocycles. The first-order valence-electron chi connectivity index (χ1n) is 4.89. The Morgan fingerprint density at radius 2 is 2.00 bits per heavy atom. The number of nitrogens with one attached hydrogen (secondary N) is 2. The predicted molar refractivity (Wildman–Crippen MR) is 61.0 cm³/mol. The van der Waals surface area contributed by atoms with Gasteiger partial charge in [-0.25, -0.2) is 9.78 Å². The molecule has 0 aromatic carbocycles. The quantitative estimate of drug-likeness (QED) is 0.741. The maximum Gasteiger partial charge on any atom is 0.320 e. The van der Waals surface area contributed by atoms with E-state index < -0.39 is 0 Å². The van der Waals surface area contributed by atoms with Crippen molar-refractivity contribution in [2.24, 2.45) is 0 Å². The lowest BCUT2D eigenvalue weighted by molar-refractivity contribution is 0.254. The van der Waals surface area contributed by atoms with Crippen LogP contribution in [0.5, 0.6) is 0 Å². The van der Waals surface area contributed by atoms with Crippen molar-refractivity contribution in [3.63, 3.8) is 0 Å². The van der Waals surface area contributed by atoms with Gasteiger partial charge in [-0.15, -0.1) is 0 Å². The number of amides is 2. The molecule has 0 bridgehead atoms. The molecule has 0 aliphatic heterocycles. The van der Waals surface area contributed by atoms with E-state index in [1.54, 1.807) is 19.3 Å². The van der Waals surface area contributed by atoms with E-state index in [-0.39, 0.29) is 11.4 Å². The number of hydrogen-bond acceptors (Lipinski definition) is 2. The molecule has 2 amide bonds. The van der Waals surface area contributed by atoms with Gasteiger partial charge in [0.05, 0.1) is 0 Å². The van der Waals surface area contributed by atoms with Crippen LogP contribution in [0.3, 0.4) is 0 Å². The SMILES string of the molecule is CNC(=O)Nc1ccc(C(C)(C)C)cn1. The molecule has 2 N–H and O–H groups in total. The van der Waals surface area contributed by atoms with Gasteiger partial charge in [0, 0.05) is 13.2 Å². The molecule has 1 rings (SSSR count). The summed E-state index contributed by atoms with van der Waals surface area (Å²) < 4.78 is 0. The number of carbonyl (C=O) groups excluding carboxylic acids is 1. The highest BCUT2D eigenvalue weighted by molar-refractivity contribution is 5.87. The Morgan fingerprint density at radius 1 is 1.33 bits per heavy atom. The minimum absolute atomic E-state index is 0.0819. The number of nitrogens with zero attached hydrogens (tertiary/aromatic N) is 1. The van der Waals surface area contributed by atoms with Gasteiger partial charge in [0.25, 0.3) is 0 Å². The van der Waals surface area contributed by atoms with Crippen molar-refractivity contribution in [3.8, 4) is 0 Å². The van der Waals surface area contributed by atoms with Crippen LogP contribution in [0.2, 0.25) is 0 Å². The molecule has 0 aliphatic carbocycles. The Morgan fingerprint density at radius 3 is 2.40 bits per heavy atom. The van der Waals surface area contributed by atoms with Gasteiger partial charge in [-0.1, -0.05) is 26.8 Å². The second-order valence-electron chi connectivity index (χ2n) is 4.39. The van der Waals surface area contributed by atoms with Crippen LogP contribution in [0.15, 0.2) is 18.3 Å². The molecule has 1 aromatic rings. The number of carbonyl (C=O) groups is 1. The Hall–Kier alpha value is -1.58. The third-order valence-corrected chi connectivity index (χ3v) is 2.10. The van der Waals surface area contributed by atoms with Crippen molar-refractivity contribution in [2.75, 3.05) is 12.4 Å². The standard InChI is InChI=1S/C11H17N3O/c1-11(2,3)8-5-6-9(13-7-8)14-10(15)12-4/h5-7H,1-4H3,(H2,12,13,14,15). The highest BCUT2D eigenvalue weighted by Gasteiger charge is 2.13. The summed E-state index contributed by atoms with van der Waals surface area (Å²) in [4.78, 5) is 15.2. The monoisotopic (exact) mass is 207 g/mol. The highest BCUT2D eigenvalue weighted by Crippen LogP contribution is 2.21. The molecule has 0 aliphatic rings. The van der Waals surface area contributed by atoms with Crippen molar-refractivity contribution in [1.82, 2.24) is 10.3 Å². The van der Waals surface area contributed by atoms with E-state index in [0.717, 1.165) is 5.56 Å². The Labute approximate surface area is 90.1 Å². The zero-order valence-electron chi connectivity index (χ0n) is 9.59. The Balaban J connectivity index is 2.77. The van der Waals surface area contributed by atoms with Crippen LogP contribution in [0, 0.1) is 0 Å². The fourth-order valence-corrected chi connectivity index (χ4v) is 1.09. The zero-order chi connectivity index (χ0) is 11.5. The molecule has 0 unspecified atom stereocenters. The normalized spacial score (nSPS) is 10.9. The van der Waals surface area contributed by atoms with Gasteiger partial charge in [0.1, 0.15) is 5.82 Å². The van der Waals surface area contributed by atoms with E-state index in [1.165, 1.54) is 0 Å². The lowest BCUT2D eigenvalue weighted by Gasteiger charge is -2.18. The topological polar surface area (TPSA) is 54.0 Å². The predicted octanol–water partition coefficient (Wildman–Crippen LogP) is 2.13. The van der Waals surface area contributed by atoms with Crippen LogP contribution < -0.4 is 10.6 Å². The summed E-state index contributed by atoms with van der Waals surface area (Å²) in [5.74, 6) is 0.558. The smallest absolute Gasteiger partial charge is 0.320 e. The van der Waals surface area contributed by atoms with E-state index in [9.17, 15) is 4.79 Å². The van der Waals surface area contributed by atoms with Crippen LogP contribution in [-0.2, 0) is 5.41 Å². The molecule has 0 radical (unpaired) electrons. The van der Waals surface area contributed by atoms with Crippen LogP contribution >= 0.6 is 0 Å². The molecule has 0 atom stereocenters. The van der Waals surface area contributed by atoms with Crippen molar-refractivity contribution in [1.29, 1.82) is 0 Å². The van der Waals surface area contributed by atoms with E-state index in [4.69, 9.17) is 0 Å². The third kappa shape index (κ3) is 3.23. The summed E-state index contributed by atoms with van der Waals surface area (Å²) in [6.07, 6.45) is 1.78. The fraction of sp³-hybridized carbons (Fsp3) is 0.455. The Kier molecular flexibility index (Phi) is 3.29. The average molecular weight is 207 g/mol. The van der Waals surface area contributed by atoms with Gasteiger partial charge in [0.2, 0.25) is 0 Å². The molecule has 0 fully saturated rings. The summed E-state index contributed by atoms with van der Waals surface area (Å²) >= 11 is 0. The largest absolute Gasteiger partial charge is 0.341 e. The van der Waals surface area contributed by atoms with Gasteiger partial charge >= 0.3 is 6.03 Å². The first-order chi connectivity index (χ1) is 6.93. The molecule has 0 spiro atoms. The highest BCUT2D eigenvalue weighted by atomic mass is 16.2. The molecule has 82 valence electrons. The minimum atomic E-state index is -0.258. The molecule has 4 nitrogen and oxygen atoms in total. The van der Waals surface area contributed by atoms with Crippen molar-refractivity contribution >= 4 is 11.8 Å². The number of urea groups is 1. The molecule has 1 aromatic heterocycles. The van der Waals surface area contributed by atoms with Gasteiger partial charge in [-0.05, 0) is 17.0 Å². The fourth-order valence-electron chi connectivity index (χ4n) is 1.09. The van der Waals surface area contributed by atoms with E-state index >= 15 is 0 Å². The zero-order valence-corrected chi connectivity index (χ0v) is 9.59.